The Morgan fingerprint density at radius 1 is 1.17 bits per heavy atom. The van der Waals surface area contributed by atoms with Gasteiger partial charge in [-0.2, -0.15) is 0 Å². The van der Waals surface area contributed by atoms with Gasteiger partial charge in [0.2, 0.25) is 0 Å². The molecule has 0 bridgehead atoms. The van der Waals surface area contributed by atoms with Gasteiger partial charge in [-0.3, -0.25) is 0 Å². The van der Waals surface area contributed by atoms with Crippen LogP contribution in [0.4, 0.5) is 5.69 Å². The summed E-state index contributed by atoms with van der Waals surface area (Å²) < 4.78 is 6.26. The van der Waals surface area contributed by atoms with E-state index in [2.05, 4.69) is 30.4 Å². The molecule has 3 rings (SSSR count). The van der Waals surface area contributed by atoms with Gasteiger partial charge in [0.15, 0.2) is 0 Å². The first-order valence-electron chi connectivity index (χ1n) is 7.35. The van der Waals surface area contributed by atoms with Gasteiger partial charge in [-0.25, -0.2) is 0 Å². The monoisotopic (exact) mass is 245 g/mol. The van der Waals surface area contributed by atoms with E-state index in [0.717, 1.165) is 24.6 Å². The predicted octanol–water partition coefficient (Wildman–Crippen LogP) is 4.00. The Morgan fingerprint density at radius 3 is 2.83 bits per heavy atom. The highest BCUT2D eigenvalue weighted by Crippen LogP contribution is 2.34. The summed E-state index contributed by atoms with van der Waals surface area (Å²) in [5.74, 6) is 2.01. The fourth-order valence-corrected chi connectivity index (χ4v) is 3.11. The third-order valence-corrected chi connectivity index (χ3v) is 4.31. The molecule has 1 aromatic rings. The summed E-state index contributed by atoms with van der Waals surface area (Å²) in [6.07, 6.45) is 7.89. The minimum atomic E-state index is 0.439. The van der Waals surface area contributed by atoms with Gasteiger partial charge < -0.3 is 10.1 Å². The van der Waals surface area contributed by atoms with Crippen molar-refractivity contribution in [1.29, 1.82) is 0 Å². The molecule has 0 amide bonds. The second kappa shape index (κ2) is 5.21. The highest BCUT2D eigenvalue weighted by atomic mass is 16.5. The van der Waals surface area contributed by atoms with E-state index in [1.54, 1.807) is 0 Å². The smallest absolute Gasteiger partial charge is 0.124 e. The lowest BCUT2D eigenvalue weighted by Gasteiger charge is -2.29. The minimum Gasteiger partial charge on any atom is -0.490 e. The molecule has 1 saturated carbocycles. The zero-order valence-electron chi connectivity index (χ0n) is 11.2. The first-order valence-corrected chi connectivity index (χ1v) is 7.35. The summed E-state index contributed by atoms with van der Waals surface area (Å²) in [5, 5.41) is 3.47. The summed E-state index contributed by atoms with van der Waals surface area (Å²) in [4.78, 5) is 0. The maximum absolute atomic E-state index is 6.26. The van der Waals surface area contributed by atoms with Crippen LogP contribution in [0.5, 0.6) is 5.75 Å². The molecule has 0 aromatic heterocycles. The Bertz CT molecular complexity index is 408. The Morgan fingerprint density at radius 2 is 2.00 bits per heavy atom. The van der Waals surface area contributed by atoms with Crippen molar-refractivity contribution < 1.29 is 4.74 Å². The lowest BCUT2D eigenvalue weighted by molar-refractivity contribution is 0.134. The zero-order chi connectivity index (χ0) is 12.4. The molecule has 2 nitrogen and oxygen atoms in total. The van der Waals surface area contributed by atoms with Crippen molar-refractivity contribution in [1.82, 2.24) is 0 Å². The van der Waals surface area contributed by atoms with E-state index in [4.69, 9.17) is 4.74 Å². The Labute approximate surface area is 110 Å². The van der Waals surface area contributed by atoms with Crippen LogP contribution in [0, 0.1) is 5.92 Å². The molecule has 1 N–H and O–H groups in total. The first-order chi connectivity index (χ1) is 8.83. The SMILES string of the molecule is CC1CCC(Oc2cccc3c2CCCN3)CC1. The molecule has 0 unspecified atom stereocenters. The number of rotatable bonds is 2. The summed E-state index contributed by atoms with van der Waals surface area (Å²) in [6.45, 7) is 3.45. The van der Waals surface area contributed by atoms with E-state index >= 15 is 0 Å². The zero-order valence-corrected chi connectivity index (χ0v) is 11.2. The third-order valence-electron chi connectivity index (χ3n) is 4.31. The van der Waals surface area contributed by atoms with Gasteiger partial charge in [-0.1, -0.05) is 13.0 Å². The lowest BCUT2D eigenvalue weighted by Crippen LogP contribution is -2.24. The number of ether oxygens (including phenoxy) is 1. The summed E-state index contributed by atoms with van der Waals surface area (Å²) >= 11 is 0. The van der Waals surface area contributed by atoms with E-state index in [9.17, 15) is 0 Å². The highest BCUT2D eigenvalue weighted by molar-refractivity contribution is 5.59. The number of hydrogen-bond acceptors (Lipinski definition) is 2. The fraction of sp³-hybridized carbons (Fsp3) is 0.625. The Kier molecular flexibility index (Phi) is 3.44. The molecule has 0 atom stereocenters. The molecule has 0 radical (unpaired) electrons. The van der Waals surface area contributed by atoms with Crippen LogP contribution < -0.4 is 10.1 Å². The molecule has 1 aliphatic carbocycles. The molecule has 98 valence electrons. The van der Waals surface area contributed by atoms with Gasteiger partial charge in [-0.15, -0.1) is 0 Å². The van der Waals surface area contributed by atoms with Crippen LogP contribution in [0.15, 0.2) is 18.2 Å². The molecule has 1 aliphatic heterocycles. The van der Waals surface area contributed by atoms with Crippen molar-refractivity contribution in [2.75, 3.05) is 11.9 Å². The molecule has 1 heterocycles. The van der Waals surface area contributed by atoms with Crippen LogP contribution in [0.1, 0.15) is 44.6 Å². The Balaban J connectivity index is 1.72. The van der Waals surface area contributed by atoms with Crippen LogP contribution in [-0.4, -0.2) is 12.6 Å². The number of benzene rings is 1. The van der Waals surface area contributed by atoms with Gasteiger partial charge in [0, 0.05) is 17.8 Å². The fourth-order valence-electron chi connectivity index (χ4n) is 3.11. The van der Waals surface area contributed by atoms with Crippen molar-refractivity contribution in [3.8, 4) is 5.75 Å². The average molecular weight is 245 g/mol. The summed E-state index contributed by atoms with van der Waals surface area (Å²) in [7, 11) is 0. The van der Waals surface area contributed by atoms with Crippen molar-refractivity contribution in [3.05, 3.63) is 23.8 Å². The third kappa shape index (κ3) is 2.47. The summed E-state index contributed by atoms with van der Waals surface area (Å²) in [6, 6.07) is 6.42. The van der Waals surface area contributed by atoms with Gasteiger partial charge in [0.25, 0.3) is 0 Å². The van der Waals surface area contributed by atoms with E-state index < -0.39 is 0 Å². The van der Waals surface area contributed by atoms with Gasteiger partial charge in [0.05, 0.1) is 6.10 Å². The molecular weight excluding hydrogens is 222 g/mol. The standard InChI is InChI=1S/C16H23NO/c1-12-7-9-13(10-8-12)18-16-6-2-5-15-14(16)4-3-11-17-15/h2,5-6,12-13,17H,3-4,7-11H2,1H3. The van der Waals surface area contributed by atoms with Gasteiger partial charge in [-0.05, 0) is 56.6 Å². The number of nitrogens with one attached hydrogen (secondary N) is 1. The van der Waals surface area contributed by atoms with Crippen LogP contribution in [-0.2, 0) is 6.42 Å². The normalized spacial score (nSPS) is 27.2. The summed E-state index contributed by atoms with van der Waals surface area (Å²) in [5.41, 5.74) is 2.67. The molecule has 2 aliphatic rings. The highest BCUT2D eigenvalue weighted by Gasteiger charge is 2.21. The van der Waals surface area contributed by atoms with Crippen LogP contribution >= 0.6 is 0 Å². The van der Waals surface area contributed by atoms with E-state index in [1.165, 1.54) is 43.4 Å². The van der Waals surface area contributed by atoms with E-state index in [-0.39, 0.29) is 0 Å². The second-order valence-electron chi connectivity index (χ2n) is 5.81. The first kappa shape index (κ1) is 11.9. The Hall–Kier alpha value is -1.18. The number of fused-ring (bicyclic) bond motifs is 1. The molecule has 0 saturated heterocycles. The molecular formula is C16H23NO. The van der Waals surface area contributed by atoms with Crippen molar-refractivity contribution >= 4 is 5.69 Å². The van der Waals surface area contributed by atoms with Crippen molar-refractivity contribution in [2.24, 2.45) is 5.92 Å². The molecule has 18 heavy (non-hydrogen) atoms. The van der Waals surface area contributed by atoms with Crippen LogP contribution in [0.2, 0.25) is 0 Å². The molecule has 1 aromatic carbocycles. The van der Waals surface area contributed by atoms with Gasteiger partial charge >= 0.3 is 0 Å². The predicted molar refractivity (Wildman–Crippen MR) is 75.3 cm³/mol. The maximum Gasteiger partial charge on any atom is 0.124 e. The van der Waals surface area contributed by atoms with Gasteiger partial charge in [0.1, 0.15) is 5.75 Å². The lowest BCUT2D eigenvalue weighted by atomic mass is 9.89. The van der Waals surface area contributed by atoms with Crippen LogP contribution in [0.3, 0.4) is 0 Å². The van der Waals surface area contributed by atoms with E-state index in [1.807, 2.05) is 0 Å². The molecule has 2 heteroatoms. The van der Waals surface area contributed by atoms with E-state index in [0.29, 0.717) is 6.10 Å². The second-order valence-corrected chi connectivity index (χ2v) is 5.81. The molecule has 1 fully saturated rings. The minimum absolute atomic E-state index is 0.439. The van der Waals surface area contributed by atoms with Crippen molar-refractivity contribution in [2.45, 2.75) is 51.6 Å². The van der Waals surface area contributed by atoms with Crippen molar-refractivity contribution in [3.63, 3.8) is 0 Å². The number of anilines is 1. The average Bonchev–Trinajstić information content (AvgIpc) is 2.42. The maximum atomic E-state index is 6.26. The molecule has 0 spiro atoms. The van der Waals surface area contributed by atoms with Crippen LogP contribution in [0.25, 0.3) is 0 Å². The quantitative estimate of drug-likeness (QED) is 0.850. The largest absolute Gasteiger partial charge is 0.490 e. The number of hydrogen-bond donors (Lipinski definition) is 1. The topological polar surface area (TPSA) is 21.3 Å².